The number of hydrogen-bond donors (Lipinski definition) is 1. The smallest absolute Gasteiger partial charge is 0.208 e. The first-order valence-corrected chi connectivity index (χ1v) is 7.00. The molecule has 0 aromatic carbocycles. The van der Waals surface area contributed by atoms with Gasteiger partial charge in [-0.3, -0.25) is 4.90 Å². The van der Waals surface area contributed by atoms with Gasteiger partial charge in [-0.1, -0.05) is 24.8 Å². The first-order chi connectivity index (χ1) is 10.0. The molecule has 0 unspecified atom stereocenters. The molecule has 0 spiro atoms. The zero-order valence-electron chi connectivity index (χ0n) is 13.2. The highest BCUT2D eigenvalue weighted by Crippen LogP contribution is 2.07. The summed E-state index contributed by atoms with van der Waals surface area (Å²) in [5.41, 5.74) is -0.423. The van der Waals surface area contributed by atoms with Gasteiger partial charge in [0.05, 0.1) is 12.7 Å². The summed E-state index contributed by atoms with van der Waals surface area (Å²) in [6.45, 7) is 8.04. The van der Waals surface area contributed by atoms with Crippen LogP contribution < -0.4 is 0 Å². The summed E-state index contributed by atoms with van der Waals surface area (Å²) < 4.78 is 10.6. The first kappa shape index (κ1) is 17.4. The molecule has 0 saturated carbocycles. The van der Waals surface area contributed by atoms with Gasteiger partial charge in [0.15, 0.2) is 0 Å². The van der Waals surface area contributed by atoms with E-state index in [2.05, 4.69) is 28.6 Å². The standard InChI is InChI=1S/C16H24N2O3/c1-5-18(12-15-17-11-14(13-19)21-15)10-8-6-7-9-16(2,3)20-4/h6,8,11,19H,5,10,12-13H2,1-4H3. The Kier molecular flexibility index (Phi) is 7.17. The Morgan fingerprint density at radius 1 is 1.52 bits per heavy atom. The van der Waals surface area contributed by atoms with Crippen molar-refractivity contribution >= 4 is 0 Å². The molecular weight excluding hydrogens is 268 g/mol. The number of nitrogens with zero attached hydrogens (tertiary/aromatic N) is 2. The van der Waals surface area contributed by atoms with Crippen LogP contribution in [-0.4, -0.2) is 40.8 Å². The molecule has 5 heteroatoms. The Balaban J connectivity index is 2.47. The van der Waals surface area contributed by atoms with Gasteiger partial charge in [-0.2, -0.15) is 0 Å². The molecular formula is C16H24N2O3. The van der Waals surface area contributed by atoms with Gasteiger partial charge in [0, 0.05) is 13.7 Å². The Morgan fingerprint density at radius 2 is 2.29 bits per heavy atom. The van der Waals surface area contributed by atoms with Crippen LogP contribution in [0.1, 0.15) is 32.4 Å². The summed E-state index contributed by atoms with van der Waals surface area (Å²) >= 11 is 0. The molecule has 0 aliphatic carbocycles. The number of oxazole rings is 1. The summed E-state index contributed by atoms with van der Waals surface area (Å²) in [6, 6.07) is 0. The van der Waals surface area contributed by atoms with Crippen molar-refractivity contribution in [3.63, 3.8) is 0 Å². The number of aliphatic hydroxyl groups excluding tert-OH is 1. The number of aromatic nitrogens is 1. The third kappa shape index (κ3) is 6.58. The van der Waals surface area contributed by atoms with Crippen LogP contribution in [0.3, 0.4) is 0 Å². The Labute approximate surface area is 126 Å². The quantitative estimate of drug-likeness (QED) is 0.779. The molecule has 1 aromatic rings. The van der Waals surface area contributed by atoms with E-state index in [1.807, 2.05) is 26.0 Å². The lowest BCUT2D eigenvalue weighted by molar-refractivity contribution is 0.0742. The Hall–Kier alpha value is -1.61. The molecule has 5 nitrogen and oxygen atoms in total. The second-order valence-electron chi connectivity index (χ2n) is 5.09. The van der Waals surface area contributed by atoms with Gasteiger partial charge in [-0.05, 0) is 26.5 Å². The summed E-state index contributed by atoms with van der Waals surface area (Å²) in [7, 11) is 1.65. The number of ether oxygens (including phenoxy) is 1. The Bertz CT molecular complexity index is 509. The highest BCUT2D eigenvalue weighted by Gasteiger charge is 2.10. The monoisotopic (exact) mass is 292 g/mol. The molecule has 1 N–H and O–H groups in total. The van der Waals surface area contributed by atoms with E-state index in [9.17, 15) is 0 Å². The van der Waals surface area contributed by atoms with Crippen LogP contribution in [-0.2, 0) is 17.9 Å². The Morgan fingerprint density at radius 3 is 2.86 bits per heavy atom. The van der Waals surface area contributed by atoms with Crippen molar-refractivity contribution in [1.82, 2.24) is 9.88 Å². The molecule has 21 heavy (non-hydrogen) atoms. The van der Waals surface area contributed by atoms with Crippen LogP contribution in [0.15, 0.2) is 22.8 Å². The molecule has 116 valence electrons. The molecule has 1 rings (SSSR count). The normalized spacial score (nSPS) is 11.9. The number of rotatable bonds is 7. The minimum absolute atomic E-state index is 0.121. The molecule has 0 bridgehead atoms. The largest absolute Gasteiger partial charge is 0.442 e. The fourth-order valence-electron chi connectivity index (χ4n) is 1.52. The average molecular weight is 292 g/mol. The third-order valence-electron chi connectivity index (χ3n) is 3.01. The highest BCUT2D eigenvalue weighted by atomic mass is 16.5. The SMILES string of the molecule is CCN(CC=CC#CC(C)(C)OC)Cc1ncc(CO)o1. The van der Waals surface area contributed by atoms with Gasteiger partial charge < -0.3 is 14.3 Å². The second kappa shape index (κ2) is 8.63. The fraction of sp³-hybridized carbons (Fsp3) is 0.562. The van der Waals surface area contributed by atoms with E-state index in [0.717, 1.165) is 13.1 Å². The first-order valence-electron chi connectivity index (χ1n) is 7.00. The number of likely N-dealkylation sites (N-methyl/N-ethyl adjacent to an activating group) is 1. The lowest BCUT2D eigenvalue weighted by Gasteiger charge is -2.15. The minimum atomic E-state index is -0.423. The van der Waals surface area contributed by atoms with Crippen molar-refractivity contribution in [2.75, 3.05) is 20.2 Å². The molecule has 0 aliphatic heterocycles. The maximum Gasteiger partial charge on any atom is 0.208 e. The van der Waals surface area contributed by atoms with E-state index in [4.69, 9.17) is 14.3 Å². The number of aliphatic hydroxyl groups is 1. The zero-order valence-corrected chi connectivity index (χ0v) is 13.2. The van der Waals surface area contributed by atoms with E-state index in [-0.39, 0.29) is 6.61 Å². The van der Waals surface area contributed by atoms with Crippen LogP contribution in [0, 0.1) is 11.8 Å². The van der Waals surface area contributed by atoms with E-state index < -0.39 is 5.60 Å². The maximum atomic E-state index is 8.94. The van der Waals surface area contributed by atoms with Crippen LogP contribution >= 0.6 is 0 Å². The summed E-state index contributed by atoms with van der Waals surface area (Å²) in [5.74, 6) is 7.11. The average Bonchev–Trinajstić information content (AvgIpc) is 2.93. The summed E-state index contributed by atoms with van der Waals surface area (Å²) in [6.07, 6.45) is 5.38. The molecule has 1 aromatic heterocycles. The summed E-state index contributed by atoms with van der Waals surface area (Å²) in [4.78, 5) is 6.28. The van der Waals surface area contributed by atoms with Crippen LogP contribution in [0.25, 0.3) is 0 Å². The van der Waals surface area contributed by atoms with Crippen molar-refractivity contribution in [2.24, 2.45) is 0 Å². The van der Waals surface area contributed by atoms with Gasteiger partial charge >= 0.3 is 0 Å². The molecule has 0 saturated heterocycles. The molecule has 0 amide bonds. The molecule has 0 atom stereocenters. The molecule has 0 fully saturated rings. The maximum absolute atomic E-state index is 8.94. The van der Waals surface area contributed by atoms with Crippen molar-refractivity contribution in [3.05, 3.63) is 30.0 Å². The van der Waals surface area contributed by atoms with E-state index in [1.165, 1.54) is 0 Å². The van der Waals surface area contributed by atoms with Crippen molar-refractivity contribution < 1.29 is 14.3 Å². The number of allylic oxidation sites excluding steroid dienone is 1. The minimum Gasteiger partial charge on any atom is -0.442 e. The van der Waals surface area contributed by atoms with Gasteiger partial charge in [0.1, 0.15) is 18.0 Å². The fourth-order valence-corrected chi connectivity index (χ4v) is 1.52. The highest BCUT2D eigenvalue weighted by molar-refractivity contribution is 5.21. The molecule has 0 radical (unpaired) electrons. The van der Waals surface area contributed by atoms with Gasteiger partial charge in [0.25, 0.3) is 0 Å². The lowest BCUT2D eigenvalue weighted by Crippen LogP contribution is -2.23. The number of methoxy groups -OCH3 is 1. The topological polar surface area (TPSA) is 58.7 Å². The van der Waals surface area contributed by atoms with Crippen LogP contribution in [0.5, 0.6) is 0 Å². The van der Waals surface area contributed by atoms with Crippen LogP contribution in [0.4, 0.5) is 0 Å². The van der Waals surface area contributed by atoms with Crippen molar-refractivity contribution in [2.45, 2.75) is 39.5 Å². The predicted octanol–water partition coefficient (Wildman–Crippen LogP) is 1.97. The van der Waals surface area contributed by atoms with E-state index >= 15 is 0 Å². The van der Waals surface area contributed by atoms with Crippen molar-refractivity contribution in [1.29, 1.82) is 0 Å². The second-order valence-corrected chi connectivity index (χ2v) is 5.09. The van der Waals surface area contributed by atoms with Gasteiger partial charge in [-0.15, -0.1) is 0 Å². The zero-order chi connectivity index (χ0) is 15.7. The summed E-state index contributed by atoms with van der Waals surface area (Å²) in [5, 5.41) is 8.94. The number of hydrogen-bond acceptors (Lipinski definition) is 5. The van der Waals surface area contributed by atoms with E-state index in [1.54, 1.807) is 13.3 Å². The predicted molar refractivity (Wildman–Crippen MR) is 81.4 cm³/mol. The molecule has 1 heterocycles. The third-order valence-corrected chi connectivity index (χ3v) is 3.01. The molecule has 0 aliphatic rings. The lowest BCUT2D eigenvalue weighted by atomic mass is 10.1. The van der Waals surface area contributed by atoms with Gasteiger partial charge in [0.2, 0.25) is 5.89 Å². The van der Waals surface area contributed by atoms with Crippen LogP contribution in [0.2, 0.25) is 0 Å². The van der Waals surface area contributed by atoms with Crippen molar-refractivity contribution in [3.8, 4) is 11.8 Å². The van der Waals surface area contributed by atoms with Gasteiger partial charge in [-0.25, -0.2) is 4.98 Å². The van der Waals surface area contributed by atoms with E-state index in [0.29, 0.717) is 18.2 Å².